The minimum atomic E-state index is -0.736. The van der Waals surface area contributed by atoms with Crippen molar-refractivity contribution >= 4 is 5.78 Å². The number of Topliss-reactive ketones (excluding diaryl/α,β-unsaturated/α-hetero) is 1. The van der Waals surface area contributed by atoms with Gasteiger partial charge >= 0.3 is 0 Å². The summed E-state index contributed by atoms with van der Waals surface area (Å²) in [5, 5.41) is 8.64. The lowest BCUT2D eigenvalue weighted by atomic mass is 10.0. The van der Waals surface area contributed by atoms with Crippen molar-refractivity contribution in [3.8, 4) is 0 Å². The van der Waals surface area contributed by atoms with Gasteiger partial charge in [-0.25, -0.2) is 0 Å². The van der Waals surface area contributed by atoms with Crippen LogP contribution in [0.15, 0.2) is 0 Å². The number of hydrogen-bond acceptors (Lipinski definition) is 2. The number of carbonyl (C=O) groups is 1. The van der Waals surface area contributed by atoms with Crippen LogP contribution in [0.5, 0.6) is 0 Å². The Hall–Kier alpha value is -0.370. The van der Waals surface area contributed by atoms with Crippen LogP contribution < -0.4 is 0 Å². The summed E-state index contributed by atoms with van der Waals surface area (Å²) >= 11 is 0. The van der Waals surface area contributed by atoms with E-state index in [-0.39, 0.29) is 18.1 Å². The molecule has 9 heavy (non-hydrogen) atoms. The highest BCUT2D eigenvalue weighted by Gasteiger charge is 2.09. The number of aliphatic hydroxyl groups excluding tert-OH is 1. The highest BCUT2D eigenvalue weighted by Crippen LogP contribution is 2.00. The van der Waals surface area contributed by atoms with Crippen molar-refractivity contribution in [2.75, 3.05) is 0 Å². The summed E-state index contributed by atoms with van der Waals surface area (Å²) in [5.41, 5.74) is 0. The van der Waals surface area contributed by atoms with Gasteiger partial charge in [0.05, 0.1) is 6.10 Å². The summed E-state index contributed by atoms with van der Waals surface area (Å²) in [6.07, 6.45) is -0.558. The van der Waals surface area contributed by atoms with Crippen LogP contribution >= 0.6 is 0 Å². The highest BCUT2D eigenvalue weighted by atomic mass is 16.3. The topological polar surface area (TPSA) is 37.3 Å². The van der Waals surface area contributed by atoms with E-state index in [4.69, 9.17) is 5.11 Å². The molecule has 1 N–H and O–H groups in total. The molecule has 0 aliphatic heterocycles. The van der Waals surface area contributed by atoms with Crippen molar-refractivity contribution in [1.82, 2.24) is 0 Å². The molecule has 1 atom stereocenters. The number of aliphatic hydroxyl groups is 1. The minimum absolute atomic E-state index is 0.0152. The Bertz CT molecular complexity index is 95.1. The van der Waals surface area contributed by atoms with Crippen LogP contribution in [-0.4, -0.2) is 17.0 Å². The molecule has 0 heterocycles. The number of ketones is 1. The maximum Gasteiger partial charge on any atom is 0.137 e. The lowest BCUT2D eigenvalue weighted by Gasteiger charge is -2.04. The third-order valence-electron chi connectivity index (χ3n) is 1.08. The van der Waals surface area contributed by atoms with E-state index in [0.717, 1.165) is 0 Å². The Morgan fingerprint density at radius 2 is 2.11 bits per heavy atom. The van der Waals surface area contributed by atoms with Crippen molar-refractivity contribution in [2.24, 2.45) is 5.92 Å². The number of rotatable bonds is 3. The molecule has 0 spiro atoms. The van der Waals surface area contributed by atoms with E-state index in [9.17, 15) is 4.79 Å². The Morgan fingerprint density at radius 3 is 2.22 bits per heavy atom. The van der Waals surface area contributed by atoms with Crippen LogP contribution in [0.3, 0.4) is 0 Å². The maximum atomic E-state index is 10.8. The molecular formula is C7H13O2. The molecule has 1 radical (unpaired) electrons. The summed E-state index contributed by atoms with van der Waals surface area (Å²) in [4.78, 5) is 10.8. The van der Waals surface area contributed by atoms with Gasteiger partial charge in [-0.3, -0.25) is 4.79 Å². The largest absolute Gasteiger partial charge is 0.393 e. The SMILES string of the molecule is [CH2]C(O)CC(=O)C(C)C. The van der Waals surface area contributed by atoms with Crippen LogP contribution in [0.4, 0.5) is 0 Å². The van der Waals surface area contributed by atoms with Gasteiger partial charge in [0.15, 0.2) is 0 Å². The van der Waals surface area contributed by atoms with Gasteiger partial charge in [0.25, 0.3) is 0 Å². The molecule has 0 aliphatic carbocycles. The third kappa shape index (κ3) is 4.15. The molecular weight excluding hydrogens is 116 g/mol. The second-order valence-corrected chi connectivity index (χ2v) is 2.48. The zero-order valence-electron chi connectivity index (χ0n) is 5.92. The van der Waals surface area contributed by atoms with E-state index in [1.165, 1.54) is 0 Å². The van der Waals surface area contributed by atoms with Gasteiger partial charge in [0.2, 0.25) is 0 Å². The Labute approximate surface area is 55.9 Å². The molecule has 53 valence electrons. The van der Waals surface area contributed by atoms with Crippen molar-refractivity contribution in [3.05, 3.63) is 6.92 Å². The van der Waals surface area contributed by atoms with Crippen LogP contribution in [-0.2, 0) is 4.79 Å². The smallest absolute Gasteiger partial charge is 0.137 e. The maximum absolute atomic E-state index is 10.8. The van der Waals surface area contributed by atoms with Gasteiger partial charge in [0, 0.05) is 12.3 Å². The number of hydrogen-bond donors (Lipinski definition) is 1. The molecule has 0 saturated carbocycles. The van der Waals surface area contributed by atoms with Gasteiger partial charge in [-0.1, -0.05) is 13.8 Å². The average Bonchev–Trinajstić information content (AvgIpc) is 1.63. The van der Waals surface area contributed by atoms with Gasteiger partial charge < -0.3 is 5.11 Å². The van der Waals surface area contributed by atoms with Crippen molar-refractivity contribution in [3.63, 3.8) is 0 Å². The van der Waals surface area contributed by atoms with Crippen LogP contribution in [0, 0.1) is 12.8 Å². The van der Waals surface area contributed by atoms with Gasteiger partial charge in [-0.05, 0) is 6.92 Å². The molecule has 2 heteroatoms. The quantitative estimate of drug-likeness (QED) is 0.612. The summed E-state index contributed by atoms with van der Waals surface area (Å²) in [7, 11) is 0. The van der Waals surface area contributed by atoms with Crippen LogP contribution in [0.2, 0.25) is 0 Å². The van der Waals surface area contributed by atoms with Crippen molar-refractivity contribution in [1.29, 1.82) is 0 Å². The monoisotopic (exact) mass is 129 g/mol. The molecule has 0 saturated heterocycles. The van der Waals surface area contributed by atoms with E-state index in [2.05, 4.69) is 6.92 Å². The molecule has 2 nitrogen and oxygen atoms in total. The first-order valence-corrected chi connectivity index (χ1v) is 3.08. The van der Waals surface area contributed by atoms with E-state index in [1.807, 2.05) is 13.8 Å². The molecule has 0 amide bonds. The Kier molecular flexibility index (Phi) is 3.47. The molecule has 0 bridgehead atoms. The van der Waals surface area contributed by atoms with Gasteiger partial charge in [0.1, 0.15) is 5.78 Å². The van der Waals surface area contributed by atoms with E-state index < -0.39 is 6.10 Å². The van der Waals surface area contributed by atoms with Gasteiger partial charge in [-0.2, -0.15) is 0 Å². The molecule has 0 aromatic rings. The predicted octanol–water partition coefficient (Wildman–Crippen LogP) is 0.797. The lowest BCUT2D eigenvalue weighted by molar-refractivity contribution is -0.123. The second kappa shape index (κ2) is 3.62. The fourth-order valence-corrected chi connectivity index (χ4v) is 0.468. The molecule has 0 aromatic heterocycles. The van der Waals surface area contributed by atoms with Crippen molar-refractivity contribution in [2.45, 2.75) is 26.4 Å². The van der Waals surface area contributed by atoms with E-state index in [0.29, 0.717) is 0 Å². The van der Waals surface area contributed by atoms with E-state index >= 15 is 0 Å². The summed E-state index contributed by atoms with van der Waals surface area (Å²) < 4.78 is 0. The average molecular weight is 129 g/mol. The normalized spacial score (nSPS) is 13.9. The molecule has 0 fully saturated rings. The second-order valence-electron chi connectivity index (χ2n) is 2.48. The predicted molar refractivity (Wildman–Crippen MR) is 35.8 cm³/mol. The van der Waals surface area contributed by atoms with E-state index in [1.54, 1.807) is 0 Å². The molecule has 0 aliphatic rings. The first-order valence-electron chi connectivity index (χ1n) is 3.08. The van der Waals surface area contributed by atoms with Gasteiger partial charge in [-0.15, -0.1) is 0 Å². The Morgan fingerprint density at radius 1 is 1.67 bits per heavy atom. The zero-order chi connectivity index (χ0) is 7.44. The van der Waals surface area contributed by atoms with Crippen molar-refractivity contribution < 1.29 is 9.90 Å². The molecule has 1 unspecified atom stereocenters. The summed E-state index contributed by atoms with van der Waals surface area (Å²) in [6, 6.07) is 0. The molecule has 0 aromatic carbocycles. The summed E-state index contributed by atoms with van der Waals surface area (Å²) in [6.45, 7) is 6.92. The number of carbonyl (C=O) groups excluding carboxylic acids is 1. The first-order chi connectivity index (χ1) is 4.04. The highest BCUT2D eigenvalue weighted by molar-refractivity contribution is 5.80. The third-order valence-corrected chi connectivity index (χ3v) is 1.08. The standard InChI is InChI=1S/C7H13O2/c1-5(2)7(9)4-6(3)8/h5-6,8H,3-4H2,1-2H3. The Balaban J connectivity index is 3.51. The fraction of sp³-hybridized carbons (Fsp3) is 0.714. The van der Waals surface area contributed by atoms with Crippen LogP contribution in [0.25, 0.3) is 0 Å². The zero-order valence-corrected chi connectivity index (χ0v) is 5.92. The van der Waals surface area contributed by atoms with Crippen LogP contribution in [0.1, 0.15) is 20.3 Å². The minimum Gasteiger partial charge on any atom is -0.393 e. The lowest BCUT2D eigenvalue weighted by Crippen LogP contribution is -2.14. The summed E-state index contributed by atoms with van der Waals surface area (Å²) in [5.74, 6) is 0.0823. The first kappa shape index (κ1) is 8.63. The fourth-order valence-electron chi connectivity index (χ4n) is 0.468. The molecule has 0 rings (SSSR count).